The number of nitrogens with zero attached hydrogens (tertiary/aromatic N) is 5. The number of pyridine rings is 1. The Hall–Kier alpha value is -2.70. The number of ether oxygens (including phenoxy) is 1. The molecule has 4 rings (SSSR count). The molecule has 2 atom stereocenters. The molecule has 2 aromatic heterocycles. The monoisotopic (exact) mass is 339 g/mol. The van der Waals surface area contributed by atoms with Gasteiger partial charge in [0.25, 0.3) is 0 Å². The predicted molar refractivity (Wildman–Crippen MR) is 92.4 cm³/mol. The highest BCUT2D eigenvalue weighted by molar-refractivity contribution is 5.71. The van der Waals surface area contributed by atoms with E-state index in [0.717, 1.165) is 35.9 Å². The van der Waals surface area contributed by atoms with E-state index < -0.39 is 0 Å². The van der Waals surface area contributed by atoms with Crippen molar-refractivity contribution in [3.05, 3.63) is 47.7 Å². The Kier molecular flexibility index (Phi) is 3.99. The van der Waals surface area contributed by atoms with Crippen molar-refractivity contribution in [1.82, 2.24) is 19.9 Å². The Balaban J connectivity index is 1.47. The van der Waals surface area contributed by atoms with Crippen molar-refractivity contribution in [2.24, 2.45) is 0 Å². The minimum atomic E-state index is -0.224. The van der Waals surface area contributed by atoms with E-state index >= 15 is 0 Å². The summed E-state index contributed by atoms with van der Waals surface area (Å²) in [5.41, 5.74) is 2.77. The Morgan fingerprint density at radius 3 is 2.92 bits per heavy atom. The van der Waals surface area contributed by atoms with Gasteiger partial charge < -0.3 is 9.64 Å². The quantitative estimate of drug-likeness (QED) is 0.845. The second-order valence-electron chi connectivity index (χ2n) is 6.58. The van der Waals surface area contributed by atoms with E-state index in [0.29, 0.717) is 13.1 Å². The van der Waals surface area contributed by atoms with Crippen LogP contribution >= 0.6 is 0 Å². The molecule has 0 spiro atoms. The minimum absolute atomic E-state index is 0.0536. The van der Waals surface area contributed by atoms with Crippen LogP contribution in [-0.4, -0.2) is 57.7 Å². The molecule has 0 bridgehead atoms. The second-order valence-corrected chi connectivity index (χ2v) is 6.58. The zero-order valence-electron chi connectivity index (χ0n) is 14.4. The van der Waals surface area contributed by atoms with Crippen molar-refractivity contribution in [2.75, 3.05) is 24.5 Å². The molecule has 7 heteroatoms. The average Bonchev–Trinajstić information content (AvgIpc) is 3.13. The van der Waals surface area contributed by atoms with E-state index in [1.807, 2.05) is 36.9 Å². The normalized spacial score (nSPS) is 22.2. The van der Waals surface area contributed by atoms with E-state index in [9.17, 15) is 4.79 Å². The van der Waals surface area contributed by atoms with E-state index in [2.05, 4.69) is 19.9 Å². The summed E-state index contributed by atoms with van der Waals surface area (Å²) in [6.45, 7) is 5.89. The highest BCUT2D eigenvalue weighted by atomic mass is 16.6. The maximum absolute atomic E-state index is 12.2. The first-order valence-corrected chi connectivity index (χ1v) is 8.54. The van der Waals surface area contributed by atoms with E-state index in [1.165, 1.54) is 0 Å². The molecule has 0 aromatic carbocycles. The fourth-order valence-corrected chi connectivity index (χ4v) is 3.54. The average molecular weight is 339 g/mol. The third-order valence-corrected chi connectivity index (χ3v) is 4.81. The summed E-state index contributed by atoms with van der Waals surface area (Å²) in [6, 6.07) is 5.89. The van der Waals surface area contributed by atoms with Gasteiger partial charge in [0.2, 0.25) is 0 Å². The number of carbonyl (C=O) groups excluding carboxylic acids is 1. The number of anilines is 1. The first-order valence-electron chi connectivity index (χ1n) is 8.54. The van der Waals surface area contributed by atoms with Gasteiger partial charge in [-0.3, -0.25) is 14.9 Å². The summed E-state index contributed by atoms with van der Waals surface area (Å²) in [5, 5.41) is 0. The van der Waals surface area contributed by atoms with Gasteiger partial charge in [0.1, 0.15) is 6.10 Å². The Morgan fingerprint density at radius 2 is 2.12 bits per heavy atom. The molecule has 130 valence electrons. The lowest BCUT2D eigenvalue weighted by Gasteiger charge is -2.23. The van der Waals surface area contributed by atoms with Gasteiger partial charge in [0, 0.05) is 37.6 Å². The van der Waals surface area contributed by atoms with Gasteiger partial charge in [0.05, 0.1) is 24.0 Å². The number of rotatable bonds is 4. The molecule has 25 heavy (non-hydrogen) atoms. The summed E-state index contributed by atoms with van der Waals surface area (Å²) < 4.78 is 5.58. The fraction of sp³-hybridized carbons (Fsp3) is 0.444. The zero-order chi connectivity index (χ0) is 17.4. The van der Waals surface area contributed by atoms with E-state index in [1.54, 1.807) is 12.4 Å². The minimum Gasteiger partial charge on any atom is -0.442 e. The molecule has 1 amide bonds. The van der Waals surface area contributed by atoms with Gasteiger partial charge in [-0.1, -0.05) is 6.07 Å². The van der Waals surface area contributed by atoms with Crippen LogP contribution in [0.5, 0.6) is 0 Å². The largest absolute Gasteiger partial charge is 0.442 e. The second kappa shape index (κ2) is 6.31. The van der Waals surface area contributed by atoms with Gasteiger partial charge in [0.15, 0.2) is 5.82 Å². The van der Waals surface area contributed by atoms with Crippen LogP contribution in [0.2, 0.25) is 0 Å². The van der Waals surface area contributed by atoms with Crippen LogP contribution in [0.4, 0.5) is 10.6 Å². The molecule has 0 saturated carbocycles. The van der Waals surface area contributed by atoms with Crippen molar-refractivity contribution >= 4 is 11.9 Å². The lowest BCUT2D eigenvalue weighted by Crippen LogP contribution is -2.39. The van der Waals surface area contributed by atoms with Crippen LogP contribution in [0.25, 0.3) is 0 Å². The fourth-order valence-electron chi connectivity index (χ4n) is 3.54. The third kappa shape index (κ3) is 3.01. The summed E-state index contributed by atoms with van der Waals surface area (Å²) in [5.74, 6) is 0.884. The number of hydrogen-bond acceptors (Lipinski definition) is 6. The molecule has 0 N–H and O–H groups in total. The molecule has 2 aliphatic heterocycles. The van der Waals surface area contributed by atoms with Crippen LogP contribution in [0.3, 0.4) is 0 Å². The van der Waals surface area contributed by atoms with E-state index in [-0.39, 0.29) is 18.2 Å². The Labute approximate surface area is 146 Å². The van der Waals surface area contributed by atoms with Gasteiger partial charge >= 0.3 is 6.09 Å². The lowest BCUT2D eigenvalue weighted by molar-refractivity contribution is 0.136. The van der Waals surface area contributed by atoms with Crippen molar-refractivity contribution in [2.45, 2.75) is 32.4 Å². The third-order valence-electron chi connectivity index (χ3n) is 4.81. The SMILES string of the molecule is Cc1cnc(C)c(N2C[C@H]3OC(=O)N(CCc4ccccn4)[C@H]3C2)n1. The van der Waals surface area contributed by atoms with Crippen LogP contribution in [-0.2, 0) is 11.2 Å². The molecular weight excluding hydrogens is 318 g/mol. The predicted octanol–water partition coefficient (Wildman–Crippen LogP) is 1.74. The first-order chi connectivity index (χ1) is 12.1. The van der Waals surface area contributed by atoms with E-state index in [4.69, 9.17) is 4.74 Å². The highest BCUT2D eigenvalue weighted by Gasteiger charge is 2.48. The summed E-state index contributed by atoms with van der Waals surface area (Å²) >= 11 is 0. The standard InChI is InChI=1S/C18H21N5O2/c1-12-9-20-13(2)17(21-12)22-10-15-16(11-22)25-18(24)23(15)8-6-14-5-3-4-7-19-14/h3-5,7,9,15-16H,6,8,10-11H2,1-2H3/t15-,16+/m0/s1. The van der Waals surface area contributed by atoms with Gasteiger partial charge in [-0.15, -0.1) is 0 Å². The molecule has 7 nitrogen and oxygen atoms in total. The van der Waals surface area contributed by atoms with Crippen molar-refractivity contribution < 1.29 is 9.53 Å². The van der Waals surface area contributed by atoms with Gasteiger partial charge in [-0.2, -0.15) is 0 Å². The number of aryl methyl sites for hydroxylation is 2. The molecule has 2 saturated heterocycles. The van der Waals surface area contributed by atoms with Crippen LogP contribution < -0.4 is 4.90 Å². The first kappa shape index (κ1) is 15.8. The van der Waals surface area contributed by atoms with Crippen molar-refractivity contribution in [3.63, 3.8) is 0 Å². The smallest absolute Gasteiger partial charge is 0.410 e. The molecule has 0 radical (unpaired) electrons. The number of hydrogen-bond donors (Lipinski definition) is 0. The van der Waals surface area contributed by atoms with Crippen molar-refractivity contribution in [3.8, 4) is 0 Å². The number of fused-ring (bicyclic) bond motifs is 1. The van der Waals surface area contributed by atoms with Gasteiger partial charge in [-0.05, 0) is 26.0 Å². The molecule has 0 aliphatic carbocycles. The molecule has 2 fully saturated rings. The van der Waals surface area contributed by atoms with Crippen molar-refractivity contribution in [1.29, 1.82) is 0 Å². The Bertz CT molecular complexity index is 782. The van der Waals surface area contributed by atoms with Crippen LogP contribution in [0, 0.1) is 13.8 Å². The highest BCUT2D eigenvalue weighted by Crippen LogP contribution is 2.30. The molecular formula is C18H21N5O2. The lowest BCUT2D eigenvalue weighted by atomic mass is 10.2. The van der Waals surface area contributed by atoms with Crippen LogP contribution in [0.1, 0.15) is 17.1 Å². The molecule has 4 heterocycles. The maximum Gasteiger partial charge on any atom is 0.410 e. The summed E-state index contributed by atoms with van der Waals surface area (Å²) in [4.78, 5) is 29.5. The topological polar surface area (TPSA) is 71.5 Å². The molecule has 2 aromatic rings. The van der Waals surface area contributed by atoms with Gasteiger partial charge in [-0.25, -0.2) is 9.78 Å². The zero-order valence-corrected chi connectivity index (χ0v) is 14.4. The Morgan fingerprint density at radius 1 is 1.24 bits per heavy atom. The molecule has 2 aliphatic rings. The number of amides is 1. The number of aromatic nitrogens is 3. The van der Waals surface area contributed by atoms with Crippen LogP contribution in [0.15, 0.2) is 30.6 Å². The number of carbonyl (C=O) groups is 1. The summed E-state index contributed by atoms with van der Waals surface area (Å²) in [6.07, 6.45) is 3.93. The summed E-state index contributed by atoms with van der Waals surface area (Å²) in [7, 11) is 0. The maximum atomic E-state index is 12.2. The molecule has 0 unspecified atom stereocenters.